The van der Waals surface area contributed by atoms with E-state index < -0.39 is 0 Å². The summed E-state index contributed by atoms with van der Waals surface area (Å²) in [6.45, 7) is 23.9. The van der Waals surface area contributed by atoms with Gasteiger partial charge in [-0.2, -0.15) is 0 Å². The topological polar surface area (TPSA) is 46.2 Å². The van der Waals surface area contributed by atoms with Crippen LogP contribution in [0.2, 0.25) is 0 Å². The van der Waals surface area contributed by atoms with Gasteiger partial charge in [-0.15, -0.1) is 0 Å². The summed E-state index contributed by atoms with van der Waals surface area (Å²) in [4.78, 5) is 0. The van der Waals surface area contributed by atoms with Gasteiger partial charge >= 0.3 is 0 Å². The van der Waals surface area contributed by atoms with Gasteiger partial charge in [0.2, 0.25) is 0 Å². The highest BCUT2D eigenvalue weighted by molar-refractivity contribution is 7.27. The van der Waals surface area contributed by atoms with Crippen LogP contribution in [0.3, 0.4) is 0 Å². The Morgan fingerprint density at radius 2 is 0.872 bits per heavy atom. The summed E-state index contributed by atoms with van der Waals surface area (Å²) in [5, 5.41) is 0. The molecule has 0 N–H and O–H groups in total. The lowest BCUT2D eigenvalue weighted by atomic mass is 9.85. The Morgan fingerprint density at radius 3 is 1.30 bits per heavy atom. The van der Waals surface area contributed by atoms with Crippen molar-refractivity contribution >= 4 is 18.1 Å². The minimum atomic E-state index is -0.243. The summed E-state index contributed by atoms with van der Waals surface area (Å²) in [6, 6.07) is 20.7. The Labute approximate surface area is 286 Å². The fourth-order valence-electron chi connectivity index (χ4n) is 5.88. The minimum Gasteiger partial charge on any atom is -0.496 e. The van der Waals surface area contributed by atoms with E-state index in [1.54, 1.807) is 7.11 Å². The van der Waals surface area contributed by atoms with Crippen LogP contribution >= 0.6 is 18.1 Å². The lowest BCUT2D eigenvalue weighted by Gasteiger charge is -2.27. The van der Waals surface area contributed by atoms with Gasteiger partial charge in [-0.25, -0.2) is 0 Å². The summed E-state index contributed by atoms with van der Waals surface area (Å²) < 4.78 is 32.1. The molecule has 0 radical (unpaired) electrons. The Balaban J connectivity index is 1.87. The van der Waals surface area contributed by atoms with Gasteiger partial charge in [0.1, 0.15) is 28.7 Å². The van der Waals surface area contributed by atoms with Crippen molar-refractivity contribution in [3.8, 4) is 39.9 Å². The number of ether oxygens (including phenoxy) is 1. The van der Waals surface area contributed by atoms with Crippen molar-refractivity contribution in [1.82, 2.24) is 0 Å². The predicted molar refractivity (Wildman–Crippen MR) is 201 cm³/mol. The smallest absolute Gasteiger partial charge is 0.275 e. The molecule has 7 heteroatoms. The van der Waals surface area contributed by atoms with E-state index in [4.69, 9.17) is 22.8 Å². The molecule has 0 aliphatic heterocycles. The normalized spacial score (nSPS) is 12.0. The molecule has 0 heterocycles. The average molecular weight is 675 g/mol. The van der Waals surface area contributed by atoms with Crippen molar-refractivity contribution in [2.24, 2.45) is 0 Å². The van der Waals surface area contributed by atoms with E-state index in [1.807, 2.05) is 30.3 Å². The number of rotatable bonds is 14. The largest absolute Gasteiger partial charge is 0.496 e. The second-order valence-corrected chi connectivity index (χ2v) is 14.5. The molecule has 4 aromatic carbocycles. The molecule has 0 aliphatic rings. The number of methoxy groups -OCH3 is 1. The van der Waals surface area contributed by atoms with Crippen LogP contribution in [0.5, 0.6) is 28.7 Å². The Morgan fingerprint density at radius 1 is 0.468 bits per heavy atom. The van der Waals surface area contributed by atoms with E-state index in [1.165, 1.54) is 5.56 Å². The van der Waals surface area contributed by atoms with Crippen molar-refractivity contribution in [3.05, 3.63) is 99.6 Å². The first-order chi connectivity index (χ1) is 22.4. The minimum absolute atomic E-state index is 0.169. The third-order valence-electron chi connectivity index (χ3n) is 8.73. The highest BCUT2D eigenvalue weighted by Crippen LogP contribution is 2.52. The monoisotopic (exact) mass is 674 g/mol. The predicted octanol–water partition coefficient (Wildman–Crippen LogP) is 12.7. The fraction of sp³-hybridized carbons (Fsp3) is 0.400. The van der Waals surface area contributed by atoms with E-state index in [2.05, 4.69) is 106 Å². The van der Waals surface area contributed by atoms with Gasteiger partial charge in [0.15, 0.2) is 0 Å². The molecule has 4 rings (SSSR count). The van der Waals surface area contributed by atoms with E-state index >= 15 is 0 Å². The van der Waals surface area contributed by atoms with Crippen molar-refractivity contribution in [1.29, 1.82) is 0 Å². The van der Waals surface area contributed by atoms with Crippen LogP contribution in [0.1, 0.15) is 118 Å². The first-order valence-electron chi connectivity index (χ1n) is 16.6. The summed E-state index contributed by atoms with van der Waals surface area (Å²) in [6.07, 6.45) is 0. The van der Waals surface area contributed by atoms with Crippen molar-refractivity contribution in [2.45, 2.75) is 99.8 Å². The van der Waals surface area contributed by atoms with Gasteiger partial charge in [0.25, 0.3) is 18.1 Å². The SMILES string of the molecule is COc1cc(C(C)C)c(OPOc2ccccc2C(C)C)c(-c2c(C)c(C)cc(C(C)C)c2OPOc2ccccc2C(C)C)c1C. The molecule has 0 aromatic heterocycles. The van der Waals surface area contributed by atoms with E-state index in [0.29, 0.717) is 11.8 Å². The summed E-state index contributed by atoms with van der Waals surface area (Å²) in [5.41, 5.74) is 9.77. The maximum absolute atomic E-state index is 6.74. The van der Waals surface area contributed by atoms with Crippen LogP contribution in [0.15, 0.2) is 60.7 Å². The standard InChI is InChI=1S/C40H52O5P2/c1-23(2)30-17-13-15-19-34(30)42-46-44-39-32(25(5)6)21-27(9)28(10)37(39)38-29(11)36(41-12)22-33(26(7)8)40(38)45-47-43-35-20-16-14-18-31(35)24(3)4/h13-26,46-47H,1-12H3. The number of hydrogen-bond acceptors (Lipinski definition) is 5. The molecule has 2 unspecified atom stereocenters. The number of aryl methyl sites for hydroxylation is 1. The zero-order valence-electron chi connectivity index (χ0n) is 30.1. The molecular weight excluding hydrogens is 622 g/mol. The maximum atomic E-state index is 6.74. The Bertz CT molecular complexity index is 1680. The molecule has 0 bridgehead atoms. The van der Waals surface area contributed by atoms with Crippen LogP contribution in [0.25, 0.3) is 11.1 Å². The third-order valence-corrected chi connectivity index (χ3v) is 9.92. The van der Waals surface area contributed by atoms with Crippen LogP contribution in [-0.4, -0.2) is 7.11 Å². The van der Waals surface area contributed by atoms with Crippen LogP contribution in [-0.2, 0) is 0 Å². The van der Waals surface area contributed by atoms with Crippen LogP contribution in [0, 0.1) is 20.8 Å². The van der Waals surface area contributed by atoms with E-state index in [0.717, 1.165) is 73.3 Å². The van der Waals surface area contributed by atoms with Gasteiger partial charge in [0, 0.05) is 22.3 Å². The molecule has 252 valence electrons. The first kappa shape index (κ1) is 36.6. The molecule has 0 amide bonds. The van der Waals surface area contributed by atoms with Gasteiger partial charge < -0.3 is 22.8 Å². The summed E-state index contributed by atoms with van der Waals surface area (Å²) in [7, 11) is 1.25. The highest BCUT2D eigenvalue weighted by atomic mass is 31.1. The molecule has 47 heavy (non-hydrogen) atoms. The third kappa shape index (κ3) is 8.25. The zero-order valence-corrected chi connectivity index (χ0v) is 32.1. The van der Waals surface area contributed by atoms with Crippen molar-refractivity contribution < 1.29 is 22.8 Å². The van der Waals surface area contributed by atoms with Crippen molar-refractivity contribution in [3.63, 3.8) is 0 Å². The van der Waals surface area contributed by atoms with Crippen LogP contribution in [0.4, 0.5) is 0 Å². The van der Waals surface area contributed by atoms with Gasteiger partial charge in [0.05, 0.1) is 7.11 Å². The number of para-hydroxylation sites is 2. The van der Waals surface area contributed by atoms with Crippen LogP contribution < -0.4 is 22.8 Å². The molecule has 2 atom stereocenters. The molecule has 0 spiro atoms. The Kier molecular flexibility index (Phi) is 12.6. The fourth-order valence-corrected chi connectivity index (χ4v) is 7.12. The lowest BCUT2D eigenvalue weighted by Crippen LogP contribution is -2.06. The van der Waals surface area contributed by atoms with Gasteiger partial charge in [-0.3, -0.25) is 0 Å². The maximum Gasteiger partial charge on any atom is 0.275 e. The second kappa shape index (κ2) is 16.2. The number of hydrogen-bond donors (Lipinski definition) is 0. The molecule has 0 aliphatic carbocycles. The lowest BCUT2D eigenvalue weighted by molar-refractivity contribution is 0.409. The van der Waals surface area contributed by atoms with E-state index in [-0.39, 0.29) is 29.9 Å². The average Bonchev–Trinajstić information content (AvgIpc) is 3.03. The molecule has 4 aromatic rings. The highest BCUT2D eigenvalue weighted by Gasteiger charge is 2.28. The molecule has 5 nitrogen and oxygen atoms in total. The van der Waals surface area contributed by atoms with Gasteiger partial charge in [-0.1, -0.05) is 97.9 Å². The Hall–Kier alpha value is -3.26. The number of benzene rings is 4. The van der Waals surface area contributed by atoms with Gasteiger partial charge in [-0.05, 0) is 90.5 Å². The summed E-state index contributed by atoms with van der Waals surface area (Å²) in [5.74, 6) is 5.17. The molecule has 0 saturated carbocycles. The van der Waals surface area contributed by atoms with E-state index in [9.17, 15) is 0 Å². The first-order valence-corrected chi connectivity index (χ1v) is 18.2. The van der Waals surface area contributed by atoms with Crippen molar-refractivity contribution in [2.75, 3.05) is 7.11 Å². The second-order valence-electron chi connectivity index (χ2n) is 13.4. The molecule has 0 fully saturated rings. The molecule has 0 saturated heterocycles. The quantitative estimate of drug-likeness (QED) is 0.125. The molecular formula is C40H52O5P2. The summed E-state index contributed by atoms with van der Waals surface area (Å²) >= 11 is 0. The zero-order chi connectivity index (χ0) is 34.4.